The van der Waals surface area contributed by atoms with E-state index in [1.54, 1.807) is 27.7 Å². The van der Waals surface area contributed by atoms with Crippen LogP contribution in [0.4, 0.5) is 4.79 Å². The van der Waals surface area contributed by atoms with Crippen molar-refractivity contribution in [1.29, 1.82) is 0 Å². The standard InChI is InChI=1S/C21H42N4O5/c1-11(2)15(9-26)22-19(28)17(13(5)6)24-21(30)25-18(14(7)8)20(29)23-16(10-27)12(3)4/h11-18,26-27H,9-10H2,1-8H3,(H,22,28)(H,23,29)(H2,24,25,30)/t15-,16-,17+,18+/m1/s1. The molecular formula is C21H42N4O5. The minimum Gasteiger partial charge on any atom is -0.394 e. The Morgan fingerprint density at radius 1 is 0.567 bits per heavy atom. The molecule has 0 heterocycles. The fourth-order valence-corrected chi connectivity index (χ4v) is 2.79. The third-order valence-electron chi connectivity index (χ3n) is 5.13. The predicted octanol–water partition coefficient (Wildman–Crippen LogP) is 0.601. The quantitative estimate of drug-likeness (QED) is 0.269. The Bertz CT molecular complexity index is 506. The molecule has 0 aliphatic rings. The predicted molar refractivity (Wildman–Crippen MR) is 117 cm³/mol. The summed E-state index contributed by atoms with van der Waals surface area (Å²) in [5.74, 6) is -1.11. The van der Waals surface area contributed by atoms with Gasteiger partial charge in [-0.15, -0.1) is 0 Å². The monoisotopic (exact) mass is 430 g/mol. The topological polar surface area (TPSA) is 140 Å². The Balaban J connectivity index is 5.17. The highest BCUT2D eigenvalue weighted by atomic mass is 16.3. The first kappa shape index (κ1) is 28.1. The zero-order chi connectivity index (χ0) is 23.6. The van der Waals surface area contributed by atoms with Crippen LogP contribution in [0.5, 0.6) is 0 Å². The summed E-state index contributed by atoms with van der Waals surface area (Å²) in [7, 11) is 0. The Kier molecular flexibility index (Phi) is 12.6. The molecule has 0 aliphatic carbocycles. The molecule has 0 saturated carbocycles. The number of nitrogens with one attached hydrogen (secondary N) is 4. The maximum atomic E-state index is 12.6. The summed E-state index contributed by atoms with van der Waals surface area (Å²) < 4.78 is 0. The molecule has 0 fully saturated rings. The van der Waals surface area contributed by atoms with Gasteiger partial charge in [0.1, 0.15) is 12.1 Å². The average molecular weight is 431 g/mol. The van der Waals surface area contributed by atoms with Crippen molar-refractivity contribution in [1.82, 2.24) is 21.3 Å². The smallest absolute Gasteiger partial charge is 0.316 e. The van der Waals surface area contributed by atoms with Crippen molar-refractivity contribution in [3.05, 3.63) is 0 Å². The van der Waals surface area contributed by atoms with Crippen molar-refractivity contribution in [3.63, 3.8) is 0 Å². The minimum atomic E-state index is -0.825. The summed E-state index contributed by atoms with van der Waals surface area (Å²) in [5, 5.41) is 29.7. The number of hydrogen-bond acceptors (Lipinski definition) is 5. The number of aliphatic hydroxyl groups excluding tert-OH is 2. The van der Waals surface area contributed by atoms with Gasteiger partial charge in [-0.25, -0.2) is 4.79 Å². The fraction of sp³-hybridized carbons (Fsp3) is 0.857. The molecule has 4 amide bonds. The molecular weight excluding hydrogens is 388 g/mol. The van der Waals surface area contributed by atoms with E-state index >= 15 is 0 Å². The lowest BCUT2D eigenvalue weighted by molar-refractivity contribution is -0.125. The van der Waals surface area contributed by atoms with Gasteiger partial charge in [0.05, 0.1) is 25.3 Å². The van der Waals surface area contributed by atoms with Gasteiger partial charge in [0.25, 0.3) is 0 Å². The van der Waals surface area contributed by atoms with E-state index in [0.717, 1.165) is 0 Å². The zero-order valence-electron chi connectivity index (χ0n) is 19.7. The molecule has 9 nitrogen and oxygen atoms in total. The van der Waals surface area contributed by atoms with Crippen LogP contribution in [0.2, 0.25) is 0 Å². The summed E-state index contributed by atoms with van der Waals surface area (Å²) in [5.41, 5.74) is 0. The molecule has 0 rings (SSSR count). The van der Waals surface area contributed by atoms with Crippen LogP contribution in [0.15, 0.2) is 0 Å². The first-order chi connectivity index (χ1) is 13.8. The molecule has 0 spiro atoms. The molecule has 9 heteroatoms. The highest BCUT2D eigenvalue weighted by Gasteiger charge is 2.30. The summed E-state index contributed by atoms with van der Waals surface area (Å²) >= 11 is 0. The first-order valence-electron chi connectivity index (χ1n) is 10.7. The number of carbonyl (C=O) groups is 3. The second-order valence-electron chi connectivity index (χ2n) is 9.14. The van der Waals surface area contributed by atoms with E-state index < -0.39 is 42.0 Å². The van der Waals surface area contributed by atoms with Crippen LogP contribution in [-0.2, 0) is 9.59 Å². The molecule has 0 aliphatic heterocycles. The van der Waals surface area contributed by atoms with Gasteiger partial charge in [0, 0.05) is 0 Å². The van der Waals surface area contributed by atoms with Crippen LogP contribution >= 0.6 is 0 Å². The zero-order valence-corrected chi connectivity index (χ0v) is 19.7. The lowest BCUT2D eigenvalue weighted by atomic mass is 10.00. The molecule has 0 saturated heterocycles. The van der Waals surface area contributed by atoms with Crippen LogP contribution in [0.1, 0.15) is 55.4 Å². The molecule has 30 heavy (non-hydrogen) atoms. The summed E-state index contributed by atoms with van der Waals surface area (Å²) in [4.78, 5) is 37.8. The highest BCUT2D eigenvalue weighted by molar-refractivity contribution is 5.90. The van der Waals surface area contributed by atoms with Crippen molar-refractivity contribution in [2.45, 2.75) is 79.6 Å². The Hall–Kier alpha value is -1.87. The third-order valence-corrected chi connectivity index (χ3v) is 5.13. The molecule has 0 radical (unpaired) electrons. The normalized spacial score (nSPS) is 15.7. The first-order valence-corrected chi connectivity index (χ1v) is 10.7. The lowest BCUT2D eigenvalue weighted by Gasteiger charge is -2.29. The SMILES string of the molecule is CC(C)[C@H](NC(=O)N[C@H](C(=O)N[C@H](CO)C(C)C)C(C)C)C(=O)N[C@H](CO)C(C)C. The second-order valence-corrected chi connectivity index (χ2v) is 9.14. The molecule has 0 bridgehead atoms. The minimum absolute atomic E-state index is 0.0371. The Morgan fingerprint density at radius 3 is 1.07 bits per heavy atom. The number of carbonyl (C=O) groups excluding carboxylic acids is 3. The Morgan fingerprint density at radius 2 is 0.867 bits per heavy atom. The number of aliphatic hydroxyl groups is 2. The maximum Gasteiger partial charge on any atom is 0.316 e. The fourth-order valence-electron chi connectivity index (χ4n) is 2.79. The van der Waals surface area contributed by atoms with E-state index in [4.69, 9.17) is 0 Å². The number of urea groups is 1. The molecule has 0 aromatic carbocycles. The highest BCUT2D eigenvalue weighted by Crippen LogP contribution is 2.08. The average Bonchev–Trinajstić information content (AvgIpc) is 2.64. The van der Waals surface area contributed by atoms with Gasteiger partial charge in [0.15, 0.2) is 0 Å². The van der Waals surface area contributed by atoms with E-state index in [9.17, 15) is 24.6 Å². The van der Waals surface area contributed by atoms with Gasteiger partial charge in [-0.05, 0) is 23.7 Å². The van der Waals surface area contributed by atoms with Gasteiger partial charge in [-0.3, -0.25) is 9.59 Å². The van der Waals surface area contributed by atoms with Gasteiger partial charge >= 0.3 is 6.03 Å². The van der Waals surface area contributed by atoms with Crippen molar-refractivity contribution in [3.8, 4) is 0 Å². The number of rotatable bonds is 12. The maximum absolute atomic E-state index is 12.6. The van der Waals surface area contributed by atoms with E-state index in [1.807, 2.05) is 27.7 Å². The van der Waals surface area contributed by atoms with E-state index in [1.165, 1.54) is 0 Å². The summed E-state index contributed by atoms with van der Waals surface area (Å²) in [6, 6.07) is -3.11. The van der Waals surface area contributed by atoms with E-state index in [2.05, 4.69) is 21.3 Å². The van der Waals surface area contributed by atoms with Crippen LogP contribution in [0.25, 0.3) is 0 Å². The lowest BCUT2D eigenvalue weighted by Crippen LogP contribution is -2.59. The van der Waals surface area contributed by atoms with E-state index in [0.29, 0.717) is 0 Å². The van der Waals surface area contributed by atoms with E-state index in [-0.39, 0.29) is 36.9 Å². The van der Waals surface area contributed by atoms with Gasteiger partial charge < -0.3 is 31.5 Å². The van der Waals surface area contributed by atoms with Crippen LogP contribution in [0.3, 0.4) is 0 Å². The van der Waals surface area contributed by atoms with Gasteiger partial charge in [-0.2, -0.15) is 0 Å². The van der Waals surface area contributed by atoms with Crippen LogP contribution < -0.4 is 21.3 Å². The summed E-state index contributed by atoms with van der Waals surface area (Å²) in [6.45, 7) is 14.3. The summed E-state index contributed by atoms with van der Waals surface area (Å²) in [6.07, 6.45) is 0. The molecule has 0 aromatic rings. The van der Waals surface area contributed by atoms with Crippen molar-refractivity contribution >= 4 is 17.8 Å². The molecule has 0 unspecified atom stereocenters. The molecule has 6 N–H and O–H groups in total. The van der Waals surface area contributed by atoms with Crippen molar-refractivity contribution in [2.24, 2.45) is 23.7 Å². The third kappa shape index (κ3) is 9.30. The number of hydrogen-bond donors (Lipinski definition) is 6. The largest absolute Gasteiger partial charge is 0.394 e. The molecule has 4 atom stereocenters. The second kappa shape index (κ2) is 13.4. The van der Waals surface area contributed by atoms with Crippen LogP contribution in [0, 0.1) is 23.7 Å². The van der Waals surface area contributed by atoms with Crippen molar-refractivity contribution < 1.29 is 24.6 Å². The van der Waals surface area contributed by atoms with Gasteiger partial charge in [-0.1, -0.05) is 55.4 Å². The van der Waals surface area contributed by atoms with Crippen molar-refractivity contribution in [2.75, 3.05) is 13.2 Å². The molecule has 176 valence electrons. The van der Waals surface area contributed by atoms with Crippen LogP contribution in [-0.4, -0.2) is 65.4 Å². The molecule has 0 aromatic heterocycles. The van der Waals surface area contributed by atoms with Gasteiger partial charge in [0.2, 0.25) is 11.8 Å². The number of amides is 4. The Labute approximate surface area is 180 Å².